The molecular formula is C23H30N2O6. The van der Waals surface area contributed by atoms with Crippen LogP contribution in [-0.2, 0) is 16.7 Å². The van der Waals surface area contributed by atoms with Crippen LogP contribution < -0.4 is 14.9 Å². The summed E-state index contributed by atoms with van der Waals surface area (Å²) in [6, 6.07) is 3.27. The molecule has 0 spiro atoms. The molecule has 2 aromatic rings. The predicted molar refractivity (Wildman–Crippen MR) is 116 cm³/mol. The molecule has 8 heteroatoms. The molecule has 0 saturated carbocycles. The minimum absolute atomic E-state index is 0.246. The van der Waals surface area contributed by atoms with Crippen molar-refractivity contribution in [3.8, 4) is 23.0 Å². The second kappa shape index (κ2) is 8.34. The molecule has 2 aromatic heterocycles. The van der Waals surface area contributed by atoms with Crippen molar-refractivity contribution in [3.05, 3.63) is 39.7 Å². The van der Waals surface area contributed by atoms with E-state index in [0.717, 1.165) is 12.0 Å². The molecule has 3 rings (SSSR count). The summed E-state index contributed by atoms with van der Waals surface area (Å²) >= 11 is 0. The van der Waals surface area contributed by atoms with Gasteiger partial charge in [0.25, 0.3) is 5.88 Å². The number of rotatable bonds is 7. The fraction of sp³-hybridized carbons (Fsp3) is 0.522. The Hall–Kier alpha value is -2.87. The third kappa shape index (κ3) is 4.04. The third-order valence-corrected chi connectivity index (χ3v) is 6.18. The summed E-state index contributed by atoms with van der Waals surface area (Å²) in [5, 5.41) is 9.50. The van der Waals surface area contributed by atoms with E-state index >= 15 is 0 Å². The molecule has 0 radical (unpaired) electrons. The number of hydrogen-bond donors (Lipinski definition) is 1. The first-order valence-electron chi connectivity index (χ1n) is 10.2. The molecule has 1 aliphatic heterocycles. The van der Waals surface area contributed by atoms with Crippen molar-refractivity contribution in [2.75, 3.05) is 27.4 Å². The van der Waals surface area contributed by atoms with Crippen molar-refractivity contribution in [2.24, 2.45) is 5.41 Å². The minimum Gasteiger partial charge on any atom is -0.488 e. The van der Waals surface area contributed by atoms with E-state index in [9.17, 15) is 14.7 Å². The SMILES string of the molecule is COCCCOc1cc2c(nc1OC)-c1cc(=O)c(C(=O)O)cn1[C@](C)(C(C)(C)C)C2. The van der Waals surface area contributed by atoms with E-state index in [0.29, 0.717) is 42.7 Å². The van der Waals surface area contributed by atoms with Crippen molar-refractivity contribution < 1.29 is 24.1 Å². The van der Waals surface area contributed by atoms with Crippen LogP contribution in [0, 0.1) is 5.41 Å². The second-order valence-corrected chi connectivity index (χ2v) is 9.01. The predicted octanol–water partition coefficient (Wildman–Crippen LogP) is 3.35. The van der Waals surface area contributed by atoms with E-state index in [4.69, 9.17) is 14.2 Å². The Morgan fingerprint density at radius 3 is 2.55 bits per heavy atom. The molecule has 0 amide bonds. The summed E-state index contributed by atoms with van der Waals surface area (Å²) in [4.78, 5) is 28.8. The average Bonchev–Trinajstić information content (AvgIpc) is 2.69. The van der Waals surface area contributed by atoms with Crippen LogP contribution in [0.2, 0.25) is 0 Å². The number of carboxylic acids is 1. The van der Waals surface area contributed by atoms with Gasteiger partial charge >= 0.3 is 5.97 Å². The van der Waals surface area contributed by atoms with Gasteiger partial charge in [-0.3, -0.25) is 4.79 Å². The normalized spacial score (nSPS) is 17.6. The van der Waals surface area contributed by atoms with Gasteiger partial charge in [-0.15, -0.1) is 0 Å². The van der Waals surface area contributed by atoms with Crippen LogP contribution in [-0.4, -0.2) is 48.1 Å². The van der Waals surface area contributed by atoms with Crippen LogP contribution >= 0.6 is 0 Å². The number of ether oxygens (including phenoxy) is 3. The maximum Gasteiger partial charge on any atom is 0.341 e. The summed E-state index contributed by atoms with van der Waals surface area (Å²) in [7, 11) is 3.16. The largest absolute Gasteiger partial charge is 0.488 e. The molecule has 3 heterocycles. The summed E-state index contributed by atoms with van der Waals surface area (Å²) in [5.74, 6) is -0.392. The number of methoxy groups -OCH3 is 2. The van der Waals surface area contributed by atoms with Gasteiger partial charge in [-0.25, -0.2) is 9.78 Å². The molecule has 0 bridgehead atoms. The van der Waals surface area contributed by atoms with E-state index in [-0.39, 0.29) is 11.0 Å². The van der Waals surface area contributed by atoms with Gasteiger partial charge in [-0.1, -0.05) is 20.8 Å². The Morgan fingerprint density at radius 1 is 1.26 bits per heavy atom. The zero-order chi connectivity index (χ0) is 23.0. The van der Waals surface area contributed by atoms with Gasteiger partial charge in [-0.2, -0.15) is 0 Å². The van der Waals surface area contributed by atoms with Crippen LogP contribution in [0.4, 0.5) is 0 Å². The molecule has 0 unspecified atom stereocenters. The Bertz CT molecular complexity index is 1050. The molecule has 168 valence electrons. The van der Waals surface area contributed by atoms with Gasteiger partial charge in [0, 0.05) is 32.4 Å². The van der Waals surface area contributed by atoms with Crippen LogP contribution in [0.5, 0.6) is 11.6 Å². The number of fused-ring (bicyclic) bond motifs is 3. The lowest BCUT2D eigenvalue weighted by atomic mass is 9.69. The molecular weight excluding hydrogens is 400 g/mol. The Balaban J connectivity index is 2.21. The van der Waals surface area contributed by atoms with Gasteiger partial charge in [0.2, 0.25) is 0 Å². The topological polar surface area (TPSA) is 99.9 Å². The highest BCUT2D eigenvalue weighted by Gasteiger charge is 2.44. The third-order valence-electron chi connectivity index (χ3n) is 6.18. The van der Waals surface area contributed by atoms with Gasteiger partial charge in [0.15, 0.2) is 11.2 Å². The van der Waals surface area contributed by atoms with Gasteiger partial charge < -0.3 is 23.9 Å². The fourth-order valence-electron chi connectivity index (χ4n) is 3.88. The molecule has 1 aliphatic rings. The molecule has 0 fully saturated rings. The van der Waals surface area contributed by atoms with Crippen molar-refractivity contribution in [3.63, 3.8) is 0 Å². The van der Waals surface area contributed by atoms with E-state index in [2.05, 4.69) is 32.7 Å². The van der Waals surface area contributed by atoms with Crippen molar-refractivity contribution in [1.82, 2.24) is 9.55 Å². The summed E-state index contributed by atoms with van der Waals surface area (Å²) in [5.41, 5.74) is 0.522. The number of nitrogens with zero attached hydrogens (tertiary/aromatic N) is 2. The quantitative estimate of drug-likeness (QED) is 0.673. The van der Waals surface area contributed by atoms with Crippen LogP contribution in [0.25, 0.3) is 11.4 Å². The molecule has 8 nitrogen and oxygen atoms in total. The monoisotopic (exact) mass is 430 g/mol. The molecule has 0 aliphatic carbocycles. The molecule has 0 saturated heterocycles. The number of carboxylic acid groups (broad SMARTS) is 1. The number of carbonyl (C=O) groups is 1. The molecule has 0 aromatic carbocycles. The smallest absolute Gasteiger partial charge is 0.341 e. The summed E-state index contributed by atoms with van der Waals surface area (Å²) < 4.78 is 18.3. The number of aromatic carboxylic acids is 1. The number of pyridine rings is 2. The zero-order valence-corrected chi connectivity index (χ0v) is 18.9. The second-order valence-electron chi connectivity index (χ2n) is 9.01. The Morgan fingerprint density at radius 2 is 1.97 bits per heavy atom. The maximum atomic E-state index is 12.5. The first kappa shape index (κ1) is 22.8. The van der Waals surface area contributed by atoms with Crippen molar-refractivity contribution >= 4 is 5.97 Å². The van der Waals surface area contributed by atoms with Crippen molar-refractivity contribution in [2.45, 2.75) is 46.1 Å². The van der Waals surface area contributed by atoms with E-state index < -0.39 is 16.9 Å². The number of aromatic nitrogens is 2. The first-order chi connectivity index (χ1) is 14.5. The van der Waals surface area contributed by atoms with E-state index in [1.54, 1.807) is 7.11 Å². The van der Waals surface area contributed by atoms with Gasteiger partial charge in [0.1, 0.15) is 5.56 Å². The number of hydrogen-bond acceptors (Lipinski definition) is 6. The van der Waals surface area contributed by atoms with E-state index in [1.807, 2.05) is 10.6 Å². The zero-order valence-electron chi connectivity index (χ0n) is 18.9. The lowest BCUT2D eigenvalue weighted by Gasteiger charge is -2.48. The van der Waals surface area contributed by atoms with Crippen LogP contribution in [0.3, 0.4) is 0 Å². The highest BCUT2D eigenvalue weighted by Crippen LogP contribution is 2.47. The van der Waals surface area contributed by atoms with E-state index in [1.165, 1.54) is 19.4 Å². The summed E-state index contributed by atoms with van der Waals surface area (Å²) in [6.45, 7) is 9.40. The van der Waals surface area contributed by atoms with Crippen LogP contribution in [0.1, 0.15) is 50.0 Å². The fourth-order valence-corrected chi connectivity index (χ4v) is 3.88. The van der Waals surface area contributed by atoms with Crippen LogP contribution in [0.15, 0.2) is 23.1 Å². The van der Waals surface area contributed by atoms with Gasteiger partial charge in [0.05, 0.1) is 30.6 Å². The molecule has 31 heavy (non-hydrogen) atoms. The highest BCUT2D eigenvalue weighted by atomic mass is 16.5. The molecule has 1 atom stereocenters. The Labute approximate surface area is 181 Å². The standard InChI is InChI=1S/C23H30N2O6/c1-22(2,3)23(4)12-14-10-18(31-9-7-8-29-5)20(30-6)24-19(14)16-11-17(26)15(21(27)28)13-25(16)23/h10-11,13H,7-9,12H2,1-6H3,(H,27,28)/t23-/m0/s1. The molecule has 1 N–H and O–H groups in total. The van der Waals surface area contributed by atoms with Crippen molar-refractivity contribution in [1.29, 1.82) is 0 Å². The first-order valence-corrected chi connectivity index (χ1v) is 10.2. The Kier molecular flexibility index (Phi) is 6.14. The maximum absolute atomic E-state index is 12.5. The summed E-state index contributed by atoms with van der Waals surface area (Å²) in [6.07, 6.45) is 2.76. The lowest BCUT2D eigenvalue weighted by Crippen LogP contribution is -2.48. The van der Waals surface area contributed by atoms with Gasteiger partial charge in [-0.05, 0) is 30.4 Å². The lowest BCUT2D eigenvalue weighted by molar-refractivity contribution is 0.0689. The highest BCUT2D eigenvalue weighted by molar-refractivity contribution is 5.87. The average molecular weight is 431 g/mol. The minimum atomic E-state index is -1.24.